The minimum absolute atomic E-state index is 0.215. The fraction of sp³-hybridized carbons (Fsp3) is 0.235. The van der Waals surface area contributed by atoms with E-state index in [9.17, 15) is 5.11 Å². The van der Waals surface area contributed by atoms with Crippen LogP contribution < -0.4 is 5.32 Å². The summed E-state index contributed by atoms with van der Waals surface area (Å²) in [4.78, 5) is 4.50. The van der Waals surface area contributed by atoms with E-state index in [0.717, 1.165) is 27.9 Å². The molecule has 0 aliphatic carbocycles. The normalized spacial score (nSPS) is 12.5. The summed E-state index contributed by atoms with van der Waals surface area (Å²) >= 11 is 5.59. The number of anilines is 1. The monoisotopic (exact) mass is 316 g/mol. The van der Waals surface area contributed by atoms with Gasteiger partial charge in [0.1, 0.15) is 5.52 Å². The van der Waals surface area contributed by atoms with Crippen LogP contribution in [0, 0.1) is 6.92 Å². The summed E-state index contributed by atoms with van der Waals surface area (Å²) in [6.07, 6.45) is -0.558. The van der Waals surface area contributed by atoms with Gasteiger partial charge in [-0.25, -0.2) is 4.98 Å². The quantitative estimate of drug-likeness (QED) is 0.703. The molecule has 0 saturated carbocycles. The number of rotatable bonds is 5. The number of hydrogen-bond donors (Lipinski definition) is 2. The van der Waals surface area contributed by atoms with Crippen LogP contribution in [0.25, 0.3) is 22.6 Å². The number of aromatic nitrogens is 1. The molecule has 3 rings (SSSR count). The molecule has 2 N–H and O–H groups in total. The van der Waals surface area contributed by atoms with E-state index in [4.69, 9.17) is 16.0 Å². The summed E-state index contributed by atoms with van der Waals surface area (Å²) in [5.41, 5.74) is 4.58. The lowest BCUT2D eigenvalue weighted by Gasteiger charge is -2.12. The molecule has 0 spiro atoms. The smallest absolute Gasteiger partial charge is 0.227 e. The maximum atomic E-state index is 9.50. The zero-order valence-corrected chi connectivity index (χ0v) is 13.0. The molecule has 0 amide bonds. The van der Waals surface area contributed by atoms with Crippen molar-refractivity contribution in [1.82, 2.24) is 4.98 Å². The zero-order chi connectivity index (χ0) is 15.5. The lowest BCUT2D eigenvalue weighted by Crippen LogP contribution is -2.21. The predicted molar refractivity (Wildman–Crippen MR) is 89.4 cm³/mol. The highest BCUT2D eigenvalue weighted by Gasteiger charge is 2.10. The maximum Gasteiger partial charge on any atom is 0.227 e. The van der Waals surface area contributed by atoms with Crippen molar-refractivity contribution < 1.29 is 9.52 Å². The highest BCUT2D eigenvalue weighted by molar-refractivity contribution is 6.18. The average Bonchev–Trinajstić information content (AvgIpc) is 2.97. The minimum atomic E-state index is -0.558. The topological polar surface area (TPSA) is 58.3 Å². The van der Waals surface area contributed by atoms with Gasteiger partial charge in [0, 0.05) is 17.8 Å². The number of oxazole rings is 1. The van der Waals surface area contributed by atoms with Gasteiger partial charge in [0.2, 0.25) is 5.89 Å². The van der Waals surface area contributed by atoms with E-state index < -0.39 is 6.10 Å². The number of halogens is 1. The first-order chi connectivity index (χ1) is 10.7. The van der Waals surface area contributed by atoms with E-state index in [1.807, 2.05) is 49.4 Å². The molecule has 22 heavy (non-hydrogen) atoms. The Morgan fingerprint density at radius 1 is 1.27 bits per heavy atom. The Morgan fingerprint density at radius 2 is 2.09 bits per heavy atom. The third kappa shape index (κ3) is 3.08. The molecule has 1 unspecified atom stereocenters. The Bertz CT molecular complexity index is 752. The van der Waals surface area contributed by atoms with Gasteiger partial charge in [0.05, 0.1) is 12.0 Å². The molecule has 0 radical (unpaired) electrons. The Hall–Kier alpha value is -2.04. The van der Waals surface area contributed by atoms with Gasteiger partial charge >= 0.3 is 0 Å². The molecule has 0 fully saturated rings. The molecule has 5 heteroatoms. The van der Waals surface area contributed by atoms with Crippen LogP contribution in [0.4, 0.5) is 5.69 Å². The van der Waals surface area contributed by atoms with Gasteiger partial charge in [-0.3, -0.25) is 0 Å². The van der Waals surface area contributed by atoms with Crippen LogP contribution in [0.3, 0.4) is 0 Å². The summed E-state index contributed by atoms with van der Waals surface area (Å²) in [7, 11) is 0. The first kappa shape index (κ1) is 14.9. The van der Waals surface area contributed by atoms with E-state index in [1.165, 1.54) is 0 Å². The minimum Gasteiger partial charge on any atom is -0.436 e. The lowest BCUT2D eigenvalue weighted by molar-refractivity contribution is 0.211. The van der Waals surface area contributed by atoms with Crippen molar-refractivity contribution in [2.24, 2.45) is 0 Å². The molecule has 0 aliphatic rings. The van der Waals surface area contributed by atoms with Crippen molar-refractivity contribution in [3.63, 3.8) is 0 Å². The zero-order valence-electron chi connectivity index (χ0n) is 12.2. The van der Waals surface area contributed by atoms with Gasteiger partial charge in [0.15, 0.2) is 5.58 Å². The standard InChI is InChI=1S/C17H17ClN2O2/c1-11-8-12(6-7-14(11)19-10-13(21)9-18)17-20-15-4-2-3-5-16(15)22-17/h2-8,13,19,21H,9-10H2,1H3. The second-order valence-corrected chi connectivity index (χ2v) is 5.51. The molecule has 0 aliphatic heterocycles. The largest absolute Gasteiger partial charge is 0.436 e. The number of aliphatic hydroxyl groups excluding tert-OH is 1. The number of aliphatic hydroxyl groups is 1. The molecule has 114 valence electrons. The molecule has 1 aromatic heterocycles. The number of nitrogens with one attached hydrogen (secondary N) is 1. The summed E-state index contributed by atoms with van der Waals surface area (Å²) in [5, 5.41) is 12.7. The Labute approximate surface area is 133 Å². The first-order valence-corrected chi connectivity index (χ1v) is 7.65. The lowest BCUT2D eigenvalue weighted by atomic mass is 10.1. The second-order valence-electron chi connectivity index (χ2n) is 5.21. The number of para-hydroxylation sites is 2. The number of fused-ring (bicyclic) bond motifs is 1. The second kappa shape index (κ2) is 6.38. The van der Waals surface area contributed by atoms with Crippen molar-refractivity contribution in [1.29, 1.82) is 0 Å². The van der Waals surface area contributed by atoms with Crippen molar-refractivity contribution in [3.05, 3.63) is 48.0 Å². The van der Waals surface area contributed by atoms with Gasteiger partial charge in [-0.1, -0.05) is 12.1 Å². The Balaban J connectivity index is 1.84. The molecule has 1 heterocycles. The number of alkyl halides is 1. The van der Waals surface area contributed by atoms with E-state index in [0.29, 0.717) is 12.4 Å². The fourth-order valence-electron chi connectivity index (χ4n) is 2.27. The summed E-state index contributed by atoms with van der Waals surface area (Å²) in [6, 6.07) is 13.6. The van der Waals surface area contributed by atoms with Crippen molar-refractivity contribution in [2.45, 2.75) is 13.0 Å². The Morgan fingerprint density at radius 3 is 2.82 bits per heavy atom. The SMILES string of the molecule is Cc1cc(-c2nc3ccccc3o2)ccc1NCC(O)CCl. The van der Waals surface area contributed by atoms with E-state index >= 15 is 0 Å². The fourth-order valence-corrected chi connectivity index (χ4v) is 2.38. The van der Waals surface area contributed by atoms with Crippen LogP contribution in [-0.4, -0.2) is 28.6 Å². The van der Waals surface area contributed by atoms with Crippen LogP contribution in [0.1, 0.15) is 5.56 Å². The summed E-state index contributed by atoms with van der Waals surface area (Å²) in [6.45, 7) is 2.42. The van der Waals surface area contributed by atoms with Crippen LogP contribution in [-0.2, 0) is 0 Å². The highest BCUT2D eigenvalue weighted by atomic mass is 35.5. The van der Waals surface area contributed by atoms with Gasteiger partial charge in [-0.15, -0.1) is 11.6 Å². The highest BCUT2D eigenvalue weighted by Crippen LogP contribution is 2.27. The van der Waals surface area contributed by atoms with Gasteiger partial charge < -0.3 is 14.8 Å². The molecule has 0 bridgehead atoms. The molecule has 0 saturated heterocycles. The van der Waals surface area contributed by atoms with E-state index in [2.05, 4.69) is 10.3 Å². The molecule has 1 atom stereocenters. The van der Waals surface area contributed by atoms with Gasteiger partial charge in [0.25, 0.3) is 0 Å². The number of benzene rings is 2. The molecule has 3 aromatic rings. The average molecular weight is 317 g/mol. The first-order valence-electron chi connectivity index (χ1n) is 7.12. The predicted octanol–water partition coefficient (Wildman–Crippen LogP) is 3.81. The number of nitrogens with zero attached hydrogens (tertiary/aromatic N) is 1. The molecule has 4 nitrogen and oxygen atoms in total. The van der Waals surface area contributed by atoms with Gasteiger partial charge in [-0.2, -0.15) is 0 Å². The van der Waals surface area contributed by atoms with Crippen LogP contribution in [0.2, 0.25) is 0 Å². The van der Waals surface area contributed by atoms with E-state index in [-0.39, 0.29) is 5.88 Å². The van der Waals surface area contributed by atoms with Crippen LogP contribution in [0.15, 0.2) is 46.9 Å². The van der Waals surface area contributed by atoms with Crippen molar-refractivity contribution in [2.75, 3.05) is 17.7 Å². The van der Waals surface area contributed by atoms with Crippen molar-refractivity contribution >= 4 is 28.4 Å². The molecular weight excluding hydrogens is 300 g/mol. The third-order valence-corrected chi connectivity index (χ3v) is 3.83. The Kier molecular flexibility index (Phi) is 4.32. The van der Waals surface area contributed by atoms with Crippen LogP contribution >= 0.6 is 11.6 Å². The maximum absolute atomic E-state index is 9.50. The number of aryl methyl sites for hydroxylation is 1. The van der Waals surface area contributed by atoms with E-state index in [1.54, 1.807) is 0 Å². The summed E-state index contributed by atoms with van der Waals surface area (Å²) < 4.78 is 5.78. The number of hydrogen-bond acceptors (Lipinski definition) is 4. The summed E-state index contributed by atoms with van der Waals surface area (Å²) in [5.74, 6) is 0.823. The molecule has 2 aromatic carbocycles. The van der Waals surface area contributed by atoms with Crippen LogP contribution in [0.5, 0.6) is 0 Å². The van der Waals surface area contributed by atoms with Crippen molar-refractivity contribution in [3.8, 4) is 11.5 Å². The van der Waals surface area contributed by atoms with Gasteiger partial charge in [-0.05, 0) is 42.8 Å². The molecular formula is C17H17ClN2O2. The third-order valence-electron chi connectivity index (χ3n) is 3.47.